The number of halogens is 3. The van der Waals surface area contributed by atoms with Gasteiger partial charge in [0.1, 0.15) is 21.9 Å². The number of carbonyl (C=O) groups is 2. The van der Waals surface area contributed by atoms with E-state index in [9.17, 15) is 40.5 Å². The number of hydrogen-bond donors (Lipinski definition) is 1. The van der Waals surface area contributed by atoms with E-state index in [1.165, 1.54) is 61.1 Å². The number of hydrogen-bond acceptors (Lipinski definition) is 7. The van der Waals surface area contributed by atoms with Crippen LogP contribution >= 0.6 is 0 Å². The fourth-order valence-electron chi connectivity index (χ4n) is 6.61. The van der Waals surface area contributed by atoms with E-state index in [1.807, 2.05) is 0 Å². The van der Waals surface area contributed by atoms with Gasteiger partial charge in [-0.05, 0) is 62.4 Å². The summed E-state index contributed by atoms with van der Waals surface area (Å²) in [5, 5.41) is 7.02. The predicted molar refractivity (Wildman–Crippen MR) is 204 cm³/mol. The molecule has 0 spiro atoms. The lowest BCUT2D eigenvalue weighted by Gasteiger charge is -2.40. The van der Waals surface area contributed by atoms with Gasteiger partial charge in [-0.25, -0.2) is 32.1 Å². The van der Waals surface area contributed by atoms with Crippen molar-refractivity contribution in [1.82, 2.24) is 29.1 Å². The molecule has 0 aliphatic carbocycles. The smallest absolute Gasteiger partial charge is 0.416 e. The Balaban J connectivity index is 0.000000540. The zero-order valence-corrected chi connectivity index (χ0v) is 32.6. The first-order valence-electron chi connectivity index (χ1n) is 17.7. The van der Waals surface area contributed by atoms with Crippen LogP contribution in [0.25, 0.3) is 27.6 Å². The van der Waals surface area contributed by atoms with Crippen molar-refractivity contribution in [3.05, 3.63) is 124 Å². The van der Waals surface area contributed by atoms with Crippen LogP contribution in [-0.4, -0.2) is 99.5 Å². The number of aromatic nitrogens is 4. The van der Waals surface area contributed by atoms with Gasteiger partial charge in [0.15, 0.2) is 5.69 Å². The number of nitrogens with zero attached hydrogens (tertiary/aromatic N) is 7. The molecular weight excluding hydrogens is 766 g/mol. The van der Waals surface area contributed by atoms with Crippen LogP contribution in [0.1, 0.15) is 31.0 Å². The second-order valence-electron chi connectivity index (χ2n) is 14.3. The molecule has 0 bridgehead atoms. The van der Waals surface area contributed by atoms with Gasteiger partial charge in [-0.2, -0.15) is 18.3 Å². The molecule has 1 atom stereocenters. The van der Waals surface area contributed by atoms with Crippen molar-refractivity contribution >= 4 is 27.7 Å². The molecule has 0 saturated carbocycles. The zero-order valence-electron chi connectivity index (χ0n) is 31.8. The molecule has 57 heavy (non-hydrogen) atoms. The molecule has 1 N–H and O–H groups in total. The third kappa shape index (κ3) is 9.51. The lowest BCUT2D eigenvalue weighted by molar-refractivity contribution is -0.897. The number of imidazole rings is 1. The average molecular weight is 807 g/mol. The number of piperidine rings is 1. The van der Waals surface area contributed by atoms with Gasteiger partial charge in [0.05, 0.1) is 73.2 Å². The number of rotatable bonds is 7. The molecule has 14 nitrogen and oxygen atoms in total. The Bertz CT molecular complexity index is 2460. The summed E-state index contributed by atoms with van der Waals surface area (Å²) >= 11 is 0. The summed E-state index contributed by atoms with van der Waals surface area (Å²) in [6.07, 6.45) is -1.60. The molecule has 2 amide bonds. The van der Waals surface area contributed by atoms with Crippen LogP contribution in [0, 0.1) is 13.5 Å². The van der Waals surface area contributed by atoms with Crippen LogP contribution in [0.3, 0.4) is 0 Å². The van der Waals surface area contributed by atoms with Crippen LogP contribution in [0.5, 0.6) is 0 Å². The maximum atomic E-state index is 14.0. The summed E-state index contributed by atoms with van der Waals surface area (Å²) in [5.41, 5.74) is -0.531. The highest BCUT2D eigenvalue weighted by molar-refractivity contribution is 7.85. The van der Waals surface area contributed by atoms with Crippen LogP contribution in [0.15, 0.2) is 101 Å². The number of benzene rings is 3. The summed E-state index contributed by atoms with van der Waals surface area (Å²) in [7, 11) is 2.09. The van der Waals surface area contributed by atoms with Gasteiger partial charge in [0, 0.05) is 25.9 Å². The SMILES string of the molecule is O=S(=O)([O-])c1ccccc1.[C-]#[N+]c1ccc(-n2nccc2-c2c(C)n(-c3cccc(C(F)(F)F)c3)c(=O)n2C(=O)N[C@@H](C)C(=O)N2CCC([N+](C)(C)C)CC2)cc1. The molecule has 3 heterocycles. The minimum atomic E-state index is -4.66. The molecule has 2 aromatic heterocycles. The van der Waals surface area contributed by atoms with E-state index in [1.54, 1.807) is 41.3 Å². The zero-order chi connectivity index (χ0) is 41.9. The van der Waals surface area contributed by atoms with Crippen molar-refractivity contribution < 1.29 is 40.2 Å². The van der Waals surface area contributed by atoms with Crippen LogP contribution < -0.4 is 11.0 Å². The van der Waals surface area contributed by atoms with E-state index in [-0.39, 0.29) is 33.6 Å². The van der Waals surface area contributed by atoms with E-state index in [0.717, 1.165) is 38.6 Å². The Kier molecular flexibility index (Phi) is 12.3. The van der Waals surface area contributed by atoms with Gasteiger partial charge in [-0.1, -0.05) is 36.4 Å². The number of alkyl halides is 3. The van der Waals surface area contributed by atoms with E-state index in [4.69, 9.17) is 6.57 Å². The average Bonchev–Trinajstić information content (AvgIpc) is 3.75. The van der Waals surface area contributed by atoms with Crippen molar-refractivity contribution in [3.63, 3.8) is 0 Å². The Morgan fingerprint density at radius 3 is 2.14 bits per heavy atom. The number of carbonyl (C=O) groups excluding carboxylic acids is 2. The Labute approximate surface area is 327 Å². The standard InChI is InChI=1S/C33H35F3N8O3.C6H6O3S/c1-21(30(45)40-18-15-27(16-19-40)44(4,5)6)39-31(46)42-29(28-14-17-38-43(28)25-12-10-24(37-3)11-13-25)22(2)41(32(42)47)26-9-7-8-23(20-26)33(34,35)36;7-10(8,9)6-4-2-1-3-5-6/h7-14,17,20-21,27H,15-16,18-19H2,1-2,4-6H3;1-5H,(H,7,8,9)/t21-;/m0./s1. The summed E-state index contributed by atoms with van der Waals surface area (Å²) in [6.45, 7) is 11.4. The van der Waals surface area contributed by atoms with Gasteiger partial charge in [0.2, 0.25) is 5.91 Å². The number of likely N-dealkylation sites (tertiary alicyclic amines) is 1. The lowest BCUT2D eigenvalue weighted by atomic mass is 10.0. The molecule has 1 aliphatic heterocycles. The number of quaternary nitrogens is 1. The van der Waals surface area contributed by atoms with Crippen molar-refractivity contribution in [2.24, 2.45) is 0 Å². The van der Waals surface area contributed by atoms with Crippen LogP contribution in [0.4, 0.5) is 23.7 Å². The number of amides is 2. The summed E-state index contributed by atoms with van der Waals surface area (Å²) in [5.74, 6) is -0.299. The van der Waals surface area contributed by atoms with E-state index < -0.39 is 39.6 Å². The predicted octanol–water partition coefficient (Wildman–Crippen LogP) is 5.60. The van der Waals surface area contributed by atoms with E-state index >= 15 is 0 Å². The molecule has 0 radical (unpaired) electrons. The Morgan fingerprint density at radius 1 is 0.965 bits per heavy atom. The first-order chi connectivity index (χ1) is 26.7. The summed E-state index contributed by atoms with van der Waals surface area (Å²) < 4.78 is 75.9. The normalized spacial score (nSPS) is 14.3. The Morgan fingerprint density at radius 2 is 1.60 bits per heavy atom. The van der Waals surface area contributed by atoms with Gasteiger partial charge in [-0.15, -0.1) is 0 Å². The Hall–Kier alpha value is -6.03. The minimum absolute atomic E-state index is 0.0695. The molecule has 0 unspecified atom stereocenters. The summed E-state index contributed by atoms with van der Waals surface area (Å²) in [6, 6.07) is 18.0. The van der Waals surface area contributed by atoms with Crippen molar-refractivity contribution in [3.8, 4) is 22.8 Å². The minimum Gasteiger partial charge on any atom is -0.744 e. The lowest BCUT2D eigenvalue weighted by Crippen LogP contribution is -2.55. The quantitative estimate of drug-likeness (QED) is 0.128. The first kappa shape index (κ1) is 42.1. The van der Waals surface area contributed by atoms with Crippen molar-refractivity contribution in [1.29, 1.82) is 0 Å². The van der Waals surface area contributed by atoms with Gasteiger partial charge in [-0.3, -0.25) is 9.36 Å². The molecule has 3 aromatic carbocycles. The highest BCUT2D eigenvalue weighted by Gasteiger charge is 2.35. The molecule has 1 aliphatic rings. The molecule has 300 valence electrons. The summed E-state index contributed by atoms with van der Waals surface area (Å²) in [4.78, 5) is 46.3. The second kappa shape index (κ2) is 16.6. The fraction of sp³-hybridized carbons (Fsp3) is 0.308. The molecular formula is C39H41F3N8O6S. The van der Waals surface area contributed by atoms with Gasteiger partial charge in [0.25, 0.3) is 0 Å². The topological polar surface area (TPSA) is 156 Å². The first-order valence-corrected chi connectivity index (χ1v) is 19.1. The maximum Gasteiger partial charge on any atom is 0.416 e. The van der Waals surface area contributed by atoms with Crippen molar-refractivity contribution in [2.45, 2.75) is 49.8 Å². The maximum absolute atomic E-state index is 14.0. The monoisotopic (exact) mass is 806 g/mol. The van der Waals surface area contributed by atoms with Crippen molar-refractivity contribution in [2.75, 3.05) is 34.2 Å². The van der Waals surface area contributed by atoms with E-state index in [2.05, 4.69) is 36.4 Å². The largest absolute Gasteiger partial charge is 0.744 e. The highest BCUT2D eigenvalue weighted by Crippen LogP contribution is 2.32. The second-order valence-corrected chi connectivity index (χ2v) is 15.7. The molecule has 6 rings (SSSR count). The van der Waals surface area contributed by atoms with Gasteiger partial charge >= 0.3 is 17.9 Å². The molecule has 18 heteroatoms. The van der Waals surface area contributed by atoms with Crippen LogP contribution in [-0.2, 0) is 21.1 Å². The van der Waals surface area contributed by atoms with Gasteiger partial charge < -0.3 is 19.3 Å². The van der Waals surface area contributed by atoms with E-state index in [0.29, 0.717) is 30.5 Å². The third-order valence-corrected chi connectivity index (χ3v) is 10.5. The number of nitrogens with one attached hydrogen (secondary N) is 1. The van der Waals surface area contributed by atoms with Crippen LogP contribution in [0.2, 0.25) is 0 Å². The third-order valence-electron chi connectivity index (χ3n) is 9.64. The molecule has 1 fully saturated rings. The fourth-order valence-corrected chi connectivity index (χ4v) is 7.10. The molecule has 1 saturated heterocycles. The highest BCUT2D eigenvalue weighted by atomic mass is 32.2. The molecule has 5 aromatic rings.